The second-order valence-electron chi connectivity index (χ2n) is 4.77. The molecule has 94 valence electrons. The molecule has 2 rings (SSSR count). The van der Waals surface area contributed by atoms with Gasteiger partial charge >= 0.3 is 0 Å². The van der Waals surface area contributed by atoms with Gasteiger partial charge in [-0.05, 0) is 44.2 Å². The molecule has 2 nitrogen and oxygen atoms in total. The molecule has 1 aromatic rings. The van der Waals surface area contributed by atoms with E-state index >= 15 is 0 Å². The van der Waals surface area contributed by atoms with E-state index in [0.29, 0.717) is 10.9 Å². The van der Waals surface area contributed by atoms with Crippen molar-refractivity contribution in [2.24, 2.45) is 5.92 Å². The molecule has 0 spiro atoms. The number of ether oxygens (including phenoxy) is 1. The van der Waals surface area contributed by atoms with Crippen molar-refractivity contribution in [1.29, 1.82) is 0 Å². The van der Waals surface area contributed by atoms with Gasteiger partial charge in [0, 0.05) is 29.7 Å². The number of halogens is 1. The lowest BCUT2D eigenvalue weighted by Gasteiger charge is -2.36. The standard InChI is InChI=1S/C14H20BrNO/c1-2-17-14-8-11(9-14)7-12(15)10-13-5-3-4-6-16-13/h3-6,11-12,14H,2,7-10H2,1H3. The minimum atomic E-state index is 0.527. The molecule has 1 saturated carbocycles. The van der Waals surface area contributed by atoms with Crippen LogP contribution in [0.5, 0.6) is 0 Å². The second kappa shape index (κ2) is 6.50. The van der Waals surface area contributed by atoms with Crippen LogP contribution in [-0.4, -0.2) is 22.5 Å². The van der Waals surface area contributed by atoms with Gasteiger partial charge in [-0.3, -0.25) is 4.98 Å². The minimum Gasteiger partial charge on any atom is -0.378 e. The quantitative estimate of drug-likeness (QED) is 0.749. The Balaban J connectivity index is 1.67. The monoisotopic (exact) mass is 297 g/mol. The van der Waals surface area contributed by atoms with Gasteiger partial charge in [0.1, 0.15) is 0 Å². The molecule has 1 aliphatic carbocycles. The van der Waals surface area contributed by atoms with Gasteiger partial charge in [-0.2, -0.15) is 0 Å². The molecule has 0 radical (unpaired) electrons. The summed E-state index contributed by atoms with van der Waals surface area (Å²) in [5, 5.41) is 0. The van der Waals surface area contributed by atoms with Crippen molar-refractivity contribution in [2.45, 2.75) is 43.5 Å². The van der Waals surface area contributed by atoms with Crippen LogP contribution in [0.25, 0.3) is 0 Å². The van der Waals surface area contributed by atoms with Crippen molar-refractivity contribution in [1.82, 2.24) is 4.98 Å². The van der Waals surface area contributed by atoms with Crippen LogP contribution >= 0.6 is 15.9 Å². The van der Waals surface area contributed by atoms with Crippen molar-refractivity contribution in [3.05, 3.63) is 30.1 Å². The maximum atomic E-state index is 5.58. The van der Waals surface area contributed by atoms with Gasteiger partial charge in [-0.1, -0.05) is 22.0 Å². The van der Waals surface area contributed by atoms with Gasteiger partial charge in [0.2, 0.25) is 0 Å². The topological polar surface area (TPSA) is 22.1 Å². The average Bonchev–Trinajstić information content (AvgIpc) is 2.27. The number of rotatable bonds is 6. The van der Waals surface area contributed by atoms with Crippen LogP contribution in [0.2, 0.25) is 0 Å². The summed E-state index contributed by atoms with van der Waals surface area (Å²) in [5.41, 5.74) is 1.18. The highest BCUT2D eigenvalue weighted by molar-refractivity contribution is 9.09. The molecular weight excluding hydrogens is 278 g/mol. The first-order chi connectivity index (χ1) is 8.28. The smallest absolute Gasteiger partial charge is 0.0580 e. The zero-order chi connectivity index (χ0) is 12.1. The number of aromatic nitrogens is 1. The van der Waals surface area contributed by atoms with Crippen LogP contribution in [0.4, 0.5) is 0 Å². The van der Waals surface area contributed by atoms with E-state index in [1.54, 1.807) is 0 Å². The van der Waals surface area contributed by atoms with E-state index in [2.05, 4.69) is 40.0 Å². The Labute approximate surface area is 112 Å². The number of hydrogen-bond donors (Lipinski definition) is 0. The Hall–Kier alpha value is -0.410. The fourth-order valence-electron chi connectivity index (χ4n) is 2.43. The summed E-state index contributed by atoms with van der Waals surface area (Å²) in [6.07, 6.45) is 7.12. The Morgan fingerprint density at radius 3 is 2.94 bits per heavy atom. The highest BCUT2D eigenvalue weighted by atomic mass is 79.9. The second-order valence-corrected chi connectivity index (χ2v) is 6.07. The van der Waals surface area contributed by atoms with Gasteiger partial charge < -0.3 is 4.74 Å². The van der Waals surface area contributed by atoms with E-state index in [4.69, 9.17) is 4.74 Å². The first kappa shape index (κ1) is 13.0. The summed E-state index contributed by atoms with van der Waals surface area (Å²) in [7, 11) is 0. The molecule has 0 N–H and O–H groups in total. The highest BCUT2D eigenvalue weighted by Crippen LogP contribution is 2.35. The maximum Gasteiger partial charge on any atom is 0.0580 e. The average molecular weight is 298 g/mol. The summed E-state index contributed by atoms with van der Waals surface area (Å²) in [6.45, 7) is 2.92. The summed E-state index contributed by atoms with van der Waals surface area (Å²) < 4.78 is 5.58. The van der Waals surface area contributed by atoms with Gasteiger partial charge in [0.15, 0.2) is 0 Å². The molecule has 1 aliphatic rings. The van der Waals surface area contributed by atoms with E-state index in [1.165, 1.54) is 25.0 Å². The van der Waals surface area contributed by atoms with Crippen LogP contribution in [-0.2, 0) is 11.2 Å². The first-order valence-electron chi connectivity index (χ1n) is 6.43. The Morgan fingerprint density at radius 1 is 1.47 bits per heavy atom. The lowest BCUT2D eigenvalue weighted by Crippen LogP contribution is -2.33. The molecule has 0 aromatic carbocycles. The SMILES string of the molecule is CCOC1CC(CC(Br)Cc2ccccn2)C1. The van der Waals surface area contributed by atoms with Crippen LogP contribution < -0.4 is 0 Å². The van der Waals surface area contributed by atoms with Gasteiger partial charge in [0.25, 0.3) is 0 Å². The van der Waals surface area contributed by atoms with E-state index in [-0.39, 0.29) is 0 Å². The molecule has 1 heterocycles. The molecular formula is C14H20BrNO. The summed E-state index contributed by atoms with van der Waals surface area (Å²) in [4.78, 5) is 4.91. The van der Waals surface area contributed by atoms with E-state index in [1.807, 2.05) is 12.3 Å². The summed E-state index contributed by atoms with van der Waals surface area (Å²) in [5.74, 6) is 0.833. The molecule has 1 fully saturated rings. The van der Waals surface area contributed by atoms with Crippen LogP contribution in [0.1, 0.15) is 31.9 Å². The third-order valence-corrected chi connectivity index (χ3v) is 4.04. The molecule has 0 aliphatic heterocycles. The Morgan fingerprint density at radius 2 is 2.29 bits per heavy atom. The fourth-order valence-corrected chi connectivity index (χ4v) is 3.29. The lowest BCUT2D eigenvalue weighted by atomic mass is 9.79. The highest BCUT2D eigenvalue weighted by Gasteiger charge is 2.30. The maximum absolute atomic E-state index is 5.58. The molecule has 0 bridgehead atoms. The predicted octanol–water partition coefficient (Wildman–Crippen LogP) is 3.59. The lowest BCUT2D eigenvalue weighted by molar-refractivity contribution is -0.0263. The molecule has 1 unspecified atom stereocenters. The Kier molecular flexibility index (Phi) is 4.99. The summed E-state index contributed by atoms with van der Waals surface area (Å²) in [6, 6.07) is 6.11. The van der Waals surface area contributed by atoms with Crippen molar-refractivity contribution in [2.75, 3.05) is 6.61 Å². The molecule has 17 heavy (non-hydrogen) atoms. The van der Waals surface area contributed by atoms with Crippen LogP contribution in [0.3, 0.4) is 0 Å². The van der Waals surface area contributed by atoms with Gasteiger partial charge in [0.05, 0.1) is 6.10 Å². The predicted molar refractivity (Wildman–Crippen MR) is 73.4 cm³/mol. The summed E-state index contributed by atoms with van der Waals surface area (Å²) >= 11 is 3.77. The number of pyridine rings is 1. The van der Waals surface area contributed by atoms with Crippen LogP contribution in [0.15, 0.2) is 24.4 Å². The normalized spacial score (nSPS) is 25.3. The minimum absolute atomic E-state index is 0.527. The van der Waals surface area contributed by atoms with E-state index < -0.39 is 0 Å². The largest absolute Gasteiger partial charge is 0.378 e. The van der Waals surface area contributed by atoms with Gasteiger partial charge in [-0.25, -0.2) is 0 Å². The number of nitrogens with zero attached hydrogens (tertiary/aromatic N) is 1. The Bertz CT molecular complexity index is 324. The van der Waals surface area contributed by atoms with Crippen molar-refractivity contribution in [3.63, 3.8) is 0 Å². The molecule has 0 amide bonds. The molecule has 1 aromatic heterocycles. The van der Waals surface area contributed by atoms with E-state index in [9.17, 15) is 0 Å². The third-order valence-electron chi connectivity index (χ3n) is 3.34. The van der Waals surface area contributed by atoms with Crippen molar-refractivity contribution < 1.29 is 4.74 Å². The van der Waals surface area contributed by atoms with Gasteiger partial charge in [-0.15, -0.1) is 0 Å². The van der Waals surface area contributed by atoms with Crippen LogP contribution in [0, 0.1) is 5.92 Å². The van der Waals surface area contributed by atoms with Crippen molar-refractivity contribution in [3.8, 4) is 0 Å². The van der Waals surface area contributed by atoms with Crippen molar-refractivity contribution >= 4 is 15.9 Å². The van der Waals surface area contributed by atoms with E-state index in [0.717, 1.165) is 18.9 Å². The molecule has 3 heteroatoms. The number of hydrogen-bond acceptors (Lipinski definition) is 2. The molecule has 0 saturated heterocycles. The first-order valence-corrected chi connectivity index (χ1v) is 7.35. The zero-order valence-corrected chi connectivity index (χ0v) is 11.9. The fraction of sp³-hybridized carbons (Fsp3) is 0.643. The number of alkyl halides is 1. The molecule has 1 atom stereocenters. The third kappa shape index (κ3) is 4.07. The zero-order valence-electron chi connectivity index (χ0n) is 10.3.